The number of aryl methyl sites for hydroxylation is 2. The number of rotatable bonds is 2. The summed E-state index contributed by atoms with van der Waals surface area (Å²) in [5, 5.41) is 7.56. The third-order valence-corrected chi connectivity index (χ3v) is 2.54. The predicted molar refractivity (Wildman–Crippen MR) is 61.3 cm³/mol. The molecule has 0 amide bonds. The Morgan fingerprint density at radius 2 is 2.19 bits per heavy atom. The van der Waals surface area contributed by atoms with Crippen LogP contribution in [-0.4, -0.2) is 14.8 Å². The van der Waals surface area contributed by atoms with E-state index in [0.717, 1.165) is 4.47 Å². The van der Waals surface area contributed by atoms with E-state index >= 15 is 0 Å². The van der Waals surface area contributed by atoms with Crippen LogP contribution in [0.3, 0.4) is 0 Å². The summed E-state index contributed by atoms with van der Waals surface area (Å²) in [6.07, 6.45) is 1.70. The summed E-state index contributed by atoms with van der Waals surface area (Å²) in [6.45, 7) is 3.77. The zero-order chi connectivity index (χ0) is 11.7. The maximum atomic E-state index is 11.8. The molecule has 0 N–H and O–H groups in total. The Hall–Kier alpha value is -1.43. The highest BCUT2D eigenvalue weighted by molar-refractivity contribution is 9.10. The standard InChI is InChI=1S/C10H10BrN3O2/c1-6-3-8(11)4-14(10(6)15)5-9-13-12-7(2)16-9/h3-4H,5H2,1-2H3. The van der Waals surface area contributed by atoms with Crippen molar-refractivity contribution < 1.29 is 4.42 Å². The van der Waals surface area contributed by atoms with E-state index in [1.165, 1.54) is 4.57 Å². The Morgan fingerprint density at radius 1 is 1.44 bits per heavy atom. The highest BCUT2D eigenvalue weighted by Crippen LogP contribution is 2.09. The molecule has 84 valence electrons. The van der Waals surface area contributed by atoms with Crippen molar-refractivity contribution >= 4 is 15.9 Å². The van der Waals surface area contributed by atoms with Crippen LogP contribution in [0.2, 0.25) is 0 Å². The maximum absolute atomic E-state index is 11.8. The fourth-order valence-electron chi connectivity index (χ4n) is 1.40. The van der Waals surface area contributed by atoms with Crippen molar-refractivity contribution in [1.29, 1.82) is 0 Å². The second-order valence-corrected chi connectivity index (χ2v) is 4.40. The molecule has 0 saturated carbocycles. The first kappa shape index (κ1) is 11.1. The Morgan fingerprint density at radius 3 is 2.81 bits per heavy atom. The van der Waals surface area contributed by atoms with Gasteiger partial charge in [-0.3, -0.25) is 4.79 Å². The first-order valence-corrected chi connectivity index (χ1v) is 5.51. The van der Waals surface area contributed by atoms with Crippen LogP contribution >= 0.6 is 15.9 Å². The zero-order valence-corrected chi connectivity index (χ0v) is 10.5. The summed E-state index contributed by atoms with van der Waals surface area (Å²) in [5.41, 5.74) is 0.615. The van der Waals surface area contributed by atoms with Crippen molar-refractivity contribution in [2.24, 2.45) is 0 Å². The molecule has 0 unspecified atom stereocenters. The van der Waals surface area contributed by atoms with Crippen molar-refractivity contribution in [2.45, 2.75) is 20.4 Å². The predicted octanol–water partition coefficient (Wildman–Crippen LogP) is 1.66. The number of hydrogen-bond donors (Lipinski definition) is 0. The molecule has 0 radical (unpaired) electrons. The average Bonchev–Trinajstić information content (AvgIpc) is 2.60. The monoisotopic (exact) mass is 283 g/mol. The third kappa shape index (κ3) is 2.21. The number of nitrogens with zero attached hydrogens (tertiary/aromatic N) is 3. The lowest BCUT2D eigenvalue weighted by Gasteiger charge is -2.04. The lowest BCUT2D eigenvalue weighted by Crippen LogP contribution is -2.22. The Bertz CT molecular complexity index is 574. The van der Waals surface area contributed by atoms with Crippen LogP contribution in [0.5, 0.6) is 0 Å². The number of halogens is 1. The molecular weight excluding hydrogens is 274 g/mol. The molecule has 2 aromatic rings. The molecule has 0 bridgehead atoms. The minimum atomic E-state index is -0.0564. The van der Waals surface area contributed by atoms with Gasteiger partial charge in [0.15, 0.2) is 0 Å². The van der Waals surface area contributed by atoms with Gasteiger partial charge in [0.2, 0.25) is 11.8 Å². The van der Waals surface area contributed by atoms with E-state index in [1.807, 2.05) is 0 Å². The maximum Gasteiger partial charge on any atom is 0.253 e. The topological polar surface area (TPSA) is 60.9 Å². The van der Waals surface area contributed by atoms with Crippen LogP contribution in [-0.2, 0) is 6.54 Å². The van der Waals surface area contributed by atoms with E-state index in [1.54, 1.807) is 26.1 Å². The quantitative estimate of drug-likeness (QED) is 0.841. The minimum Gasteiger partial charge on any atom is -0.424 e. The van der Waals surface area contributed by atoms with Gasteiger partial charge in [0.25, 0.3) is 5.56 Å². The van der Waals surface area contributed by atoms with Gasteiger partial charge in [-0.05, 0) is 28.9 Å². The lowest BCUT2D eigenvalue weighted by atomic mass is 10.3. The molecule has 0 aliphatic rings. The van der Waals surface area contributed by atoms with Crippen LogP contribution in [0.4, 0.5) is 0 Å². The first-order valence-electron chi connectivity index (χ1n) is 4.72. The van der Waals surface area contributed by atoms with Gasteiger partial charge < -0.3 is 8.98 Å². The van der Waals surface area contributed by atoms with Gasteiger partial charge in [-0.15, -0.1) is 10.2 Å². The van der Waals surface area contributed by atoms with Crippen molar-refractivity contribution in [3.63, 3.8) is 0 Å². The van der Waals surface area contributed by atoms with E-state index in [0.29, 0.717) is 23.9 Å². The van der Waals surface area contributed by atoms with Gasteiger partial charge in [0.1, 0.15) is 6.54 Å². The van der Waals surface area contributed by atoms with Crippen molar-refractivity contribution in [3.05, 3.63) is 44.4 Å². The molecule has 2 heterocycles. The lowest BCUT2D eigenvalue weighted by molar-refractivity contribution is 0.451. The number of pyridine rings is 1. The van der Waals surface area contributed by atoms with E-state index in [2.05, 4.69) is 26.1 Å². The second-order valence-electron chi connectivity index (χ2n) is 3.49. The minimum absolute atomic E-state index is 0.0564. The van der Waals surface area contributed by atoms with Crippen LogP contribution in [0.15, 0.2) is 25.9 Å². The second kappa shape index (κ2) is 4.21. The number of aromatic nitrogens is 3. The summed E-state index contributed by atoms with van der Waals surface area (Å²) in [6, 6.07) is 1.78. The van der Waals surface area contributed by atoms with Crippen LogP contribution in [0.25, 0.3) is 0 Å². The van der Waals surface area contributed by atoms with E-state index in [9.17, 15) is 4.79 Å². The van der Waals surface area contributed by atoms with Crippen LogP contribution in [0.1, 0.15) is 17.3 Å². The molecule has 0 spiro atoms. The summed E-state index contributed by atoms with van der Waals surface area (Å²) < 4.78 is 7.61. The molecule has 5 nitrogen and oxygen atoms in total. The van der Waals surface area contributed by atoms with Crippen molar-refractivity contribution in [2.75, 3.05) is 0 Å². The van der Waals surface area contributed by atoms with Crippen molar-refractivity contribution in [3.8, 4) is 0 Å². The summed E-state index contributed by atoms with van der Waals surface area (Å²) >= 11 is 3.34. The fraction of sp³-hybridized carbons (Fsp3) is 0.300. The molecule has 0 aliphatic carbocycles. The normalized spacial score (nSPS) is 10.7. The summed E-state index contributed by atoms with van der Waals surface area (Å²) in [7, 11) is 0. The smallest absolute Gasteiger partial charge is 0.253 e. The highest BCUT2D eigenvalue weighted by Gasteiger charge is 2.07. The molecule has 0 aliphatic heterocycles. The fourth-order valence-corrected chi connectivity index (χ4v) is 1.99. The van der Waals surface area contributed by atoms with Gasteiger partial charge in [-0.1, -0.05) is 0 Å². The van der Waals surface area contributed by atoms with Crippen LogP contribution < -0.4 is 5.56 Å². The molecule has 0 atom stereocenters. The molecular formula is C10H10BrN3O2. The van der Waals surface area contributed by atoms with Gasteiger partial charge in [0.05, 0.1) is 0 Å². The number of hydrogen-bond acceptors (Lipinski definition) is 4. The van der Waals surface area contributed by atoms with E-state index < -0.39 is 0 Å². The van der Waals surface area contributed by atoms with Crippen LogP contribution in [0, 0.1) is 13.8 Å². The Kier molecular flexibility index (Phi) is 2.91. The van der Waals surface area contributed by atoms with E-state index in [-0.39, 0.29) is 5.56 Å². The molecule has 0 aromatic carbocycles. The largest absolute Gasteiger partial charge is 0.424 e. The van der Waals surface area contributed by atoms with E-state index in [4.69, 9.17) is 4.42 Å². The third-order valence-electron chi connectivity index (χ3n) is 2.11. The van der Waals surface area contributed by atoms with Gasteiger partial charge in [-0.25, -0.2) is 0 Å². The Labute approximate surface area is 100 Å². The summed E-state index contributed by atoms with van der Waals surface area (Å²) in [4.78, 5) is 11.8. The van der Waals surface area contributed by atoms with Gasteiger partial charge in [-0.2, -0.15) is 0 Å². The molecule has 2 rings (SSSR count). The molecule has 6 heteroatoms. The SMILES string of the molecule is Cc1nnc(Cn2cc(Br)cc(C)c2=O)o1. The highest BCUT2D eigenvalue weighted by atomic mass is 79.9. The summed E-state index contributed by atoms with van der Waals surface area (Å²) in [5.74, 6) is 0.923. The molecule has 2 aromatic heterocycles. The first-order chi connectivity index (χ1) is 7.56. The van der Waals surface area contributed by atoms with Crippen molar-refractivity contribution in [1.82, 2.24) is 14.8 Å². The zero-order valence-electron chi connectivity index (χ0n) is 8.90. The Balaban J connectivity index is 2.38. The van der Waals surface area contributed by atoms with Gasteiger partial charge >= 0.3 is 0 Å². The average molecular weight is 284 g/mol. The molecule has 0 saturated heterocycles. The molecule has 0 fully saturated rings. The van der Waals surface area contributed by atoms with Gasteiger partial charge in [0, 0.05) is 23.2 Å². The molecule has 16 heavy (non-hydrogen) atoms.